The Kier molecular flexibility index (Phi) is 4.24. The van der Waals surface area contributed by atoms with Gasteiger partial charge in [0.25, 0.3) is 0 Å². The molecule has 0 saturated carbocycles. The number of thioether (sulfide) groups is 1. The molecule has 0 bridgehead atoms. The molecule has 1 fully saturated rings. The van der Waals surface area contributed by atoms with E-state index in [1.807, 2.05) is 0 Å². The molecule has 1 saturated heterocycles. The molecule has 1 amide bonds. The highest BCUT2D eigenvalue weighted by molar-refractivity contribution is 8.08. The number of nitrogens with one attached hydrogen (secondary N) is 1. The molecular weight excluding hydrogens is 372 g/mol. The second kappa shape index (κ2) is 6.44. The van der Waals surface area contributed by atoms with E-state index in [1.54, 1.807) is 54.4 Å². The number of ether oxygens (including phenoxy) is 1. The molecule has 2 aromatic rings. The van der Waals surface area contributed by atoms with Crippen molar-refractivity contribution in [1.82, 2.24) is 0 Å². The average molecular weight is 388 g/mol. The summed E-state index contributed by atoms with van der Waals surface area (Å²) in [6, 6.07) is 9.99. The summed E-state index contributed by atoms with van der Waals surface area (Å²) in [7, 11) is -3.32. The molecule has 2 aliphatic heterocycles. The smallest absolute Gasteiger partial charge is 0.221 e. The van der Waals surface area contributed by atoms with Crippen molar-refractivity contribution in [2.75, 3.05) is 16.8 Å². The zero-order chi connectivity index (χ0) is 18.3. The molecule has 1 atom stereocenters. The molecule has 8 heteroatoms. The Labute approximate surface area is 155 Å². The molecule has 0 aliphatic carbocycles. The number of carbonyl (C=O) groups is 1. The molecule has 0 radical (unpaired) electrons. The van der Waals surface area contributed by atoms with Crippen LogP contribution >= 0.6 is 11.8 Å². The van der Waals surface area contributed by atoms with Crippen LogP contribution in [-0.4, -0.2) is 37.3 Å². The number of amides is 1. The van der Waals surface area contributed by atoms with Crippen LogP contribution in [0.25, 0.3) is 0 Å². The summed E-state index contributed by atoms with van der Waals surface area (Å²) in [5, 5.41) is 2.91. The molecule has 2 aromatic carbocycles. The molecule has 2 heterocycles. The van der Waals surface area contributed by atoms with Crippen LogP contribution in [0.3, 0.4) is 0 Å². The zero-order valence-electron chi connectivity index (χ0n) is 13.9. The topological polar surface area (TPSA) is 84.8 Å². The van der Waals surface area contributed by atoms with Gasteiger partial charge in [-0.15, -0.1) is 0 Å². The first kappa shape index (κ1) is 17.1. The number of fused-ring (bicyclic) bond motifs is 2. The van der Waals surface area contributed by atoms with Crippen LogP contribution in [0.15, 0.2) is 46.3 Å². The molecule has 0 spiro atoms. The first-order chi connectivity index (χ1) is 12.4. The van der Waals surface area contributed by atoms with Crippen LogP contribution in [0.5, 0.6) is 11.5 Å². The fraction of sp³-hybridized carbons (Fsp3) is 0.222. The summed E-state index contributed by atoms with van der Waals surface area (Å²) in [5.74, 6) is 1.98. The molecule has 1 N–H and O–H groups in total. The average Bonchev–Trinajstić information content (AvgIpc) is 3.39. The normalized spacial score (nSPS) is 17.5. The van der Waals surface area contributed by atoms with Crippen molar-refractivity contribution in [2.45, 2.75) is 17.1 Å². The maximum absolute atomic E-state index is 12.5. The number of hydrogen-bond acceptors (Lipinski definition) is 6. The van der Waals surface area contributed by atoms with Crippen LogP contribution in [0.1, 0.15) is 12.5 Å². The number of anilines is 1. The van der Waals surface area contributed by atoms with E-state index in [1.165, 1.54) is 6.92 Å². The van der Waals surface area contributed by atoms with Crippen molar-refractivity contribution in [3.63, 3.8) is 0 Å². The number of hydrogen-bond donors (Lipinski definition) is 1. The molecule has 6 nitrogen and oxygen atoms in total. The summed E-state index contributed by atoms with van der Waals surface area (Å²) in [6.45, 7) is 1.43. The summed E-state index contributed by atoms with van der Waals surface area (Å²) < 4.78 is 30.8. The lowest BCUT2D eigenvalue weighted by molar-refractivity contribution is -0.114. The number of sulfone groups is 1. The predicted octanol–water partition coefficient (Wildman–Crippen LogP) is 3.39. The highest BCUT2D eigenvalue weighted by Crippen LogP contribution is 2.39. The van der Waals surface area contributed by atoms with Gasteiger partial charge in [0.15, 0.2) is 15.6 Å². The van der Waals surface area contributed by atoms with Crippen LogP contribution in [0, 0.1) is 0 Å². The minimum Gasteiger partial charge on any atom is -0.454 e. The van der Waals surface area contributed by atoms with Crippen LogP contribution in [0.2, 0.25) is 0 Å². The Balaban J connectivity index is 1.66. The van der Waals surface area contributed by atoms with Crippen molar-refractivity contribution in [3.05, 3.63) is 42.0 Å². The number of rotatable bonds is 4. The Bertz CT molecular complexity index is 1030. The third-order valence-electron chi connectivity index (χ3n) is 3.99. The number of aliphatic imine (C=N–C) groups is 1. The molecule has 2 aliphatic rings. The van der Waals surface area contributed by atoms with Gasteiger partial charge < -0.3 is 10.1 Å². The van der Waals surface area contributed by atoms with Gasteiger partial charge >= 0.3 is 0 Å². The summed E-state index contributed by atoms with van der Waals surface area (Å²) in [6.07, 6.45) is 1.59. The molecule has 1 unspecified atom stereocenters. The summed E-state index contributed by atoms with van der Waals surface area (Å²) in [5.41, 5.74) is 1.78. The van der Waals surface area contributed by atoms with E-state index in [4.69, 9.17) is 4.74 Å². The predicted molar refractivity (Wildman–Crippen MR) is 103 cm³/mol. The SMILES string of the molecule is CC(=O)Nc1ccc2c(c1)N=Cc1cc(S(=O)(=O)CC3CS3)ccc1O2. The van der Waals surface area contributed by atoms with Gasteiger partial charge in [0.05, 0.1) is 10.6 Å². The molecule has 26 heavy (non-hydrogen) atoms. The van der Waals surface area contributed by atoms with Crippen molar-refractivity contribution >= 4 is 45.1 Å². The Morgan fingerprint density at radius 3 is 2.77 bits per heavy atom. The maximum atomic E-state index is 12.5. The fourth-order valence-electron chi connectivity index (χ4n) is 2.66. The van der Waals surface area contributed by atoms with Gasteiger partial charge in [-0.2, -0.15) is 11.8 Å². The van der Waals surface area contributed by atoms with Crippen LogP contribution in [-0.2, 0) is 14.6 Å². The summed E-state index contributed by atoms with van der Waals surface area (Å²) >= 11 is 1.66. The Morgan fingerprint density at radius 2 is 2.04 bits per heavy atom. The third-order valence-corrected chi connectivity index (χ3v) is 6.99. The number of nitrogens with zero attached hydrogens (tertiary/aromatic N) is 1. The van der Waals surface area contributed by atoms with Crippen molar-refractivity contribution in [3.8, 4) is 11.5 Å². The Hall–Kier alpha value is -2.32. The zero-order valence-corrected chi connectivity index (χ0v) is 15.6. The molecule has 4 rings (SSSR count). The lowest BCUT2D eigenvalue weighted by Crippen LogP contribution is -2.11. The Morgan fingerprint density at radius 1 is 1.27 bits per heavy atom. The van der Waals surface area contributed by atoms with Crippen LogP contribution in [0.4, 0.5) is 11.4 Å². The van der Waals surface area contributed by atoms with Crippen molar-refractivity contribution in [2.24, 2.45) is 4.99 Å². The minimum atomic E-state index is -3.32. The lowest BCUT2D eigenvalue weighted by atomic mass is 10.2. The van der Waals surface area contributed by atoms with E-state index in [0.29, 0.717) is 28.4 Å². The standard InChI is InChI=1S/C18H16N2O4S2/c1-11(21)20-13-2-4-18-16(7-13)19-8-12-6-15(3-5-17(12)24-18)26(22,23)10-14-9-25-14/h2-8,14H,9-10H2,1H3,(H,20,21). The fourth-order valence-corrected chi connectivity index (χ4v) is 5.37. The summed E-state index contributed by atoms with van der Waals surface area (Å²) in [4.78, 5) is 15.9. The van der Waals surface area contributed by atoms with E-state index >= 15 is 0 Å². The van der Waals surface area contributed by atoms with Crippen molar-refractivity contribution in [1.29, 1.82) is 0 Å². The van der Waals surface area contributed by atoms with E-state index < -0.39 is 9.84 Å². The highest BCUT2D eigenvalue weighted by atomic mass is 32.2. The second-order valence-corrected chi connectivity index (χ2v) is 9.53. The van der Waals surface area contributed by atoms with Gasteiger partial charge in [-0.1, -0.05) is 0 Å². The maximum Gasteiger partial charge on any atom is 0.221 e. The van der Waals surface area contributed by atoms with Gasteiger partial charge in [0.2, 0.25) is 5.91 Å². The third kappa shape index (κ3) is 3.61. The van der Waals surface area contributed by atoms with E-state index in [2.05, 4.69) is 10.3 Å². The van der Waals surface area contributed by atoms with E-state index in [9.17, 15) is 13.2 Å². The molecular formula is C18H16N2O4S2. The second-order valence-electron chi connectivity index (χ2n) is 6.16. The lowest BCUT2D eigenvalue weighted by Gasteiger charge is -2.10. The van der Waals surface area contributed by atoms with Gasteiger partial charge in [-0.3, -0.25) is 9.79 Å². The van der Waals surface area contributed by atoms with Gasteiger partial charge in [-0.25, -0.2) is 8.42 Å². The molecule has 134 valence electrons. The monoisotopic (exact) mass is 388 g/mol. The first-order valence-corrected chi connectivity index (χ1v) is 10.7. The van der Waals surface area contributed by atoms with E-state index in [-0.39, 0.29) is 21.8 Å². The largest absolute Gasteiger partial charge is 0.454 e. The van der Waals surface area contributed by atoms with Gasteiger partial charge in [0, 0.05) is 35.4 Å². The number of benzene rings is 2. The van der Waals surface area contributed by atoms with Crippen LogP contribution < -0.4 is 10.1 Å². The van der Waals surface area contributed by atoms with E-state index in [0.717, 1.165) is 5.75 Å². The highest BCUT2D eigenvalue weighted by Gasteiger charge is 2.30. The van der Waals surface area contributed by atoms with Crippen molar-refractivity contribution < 1.29 is 17.9 Å². The minimum absolute atomic E-state index is 0.161. The van der Waals surface area contributed by atoms with Gasteiger partial charge in [0.1, 0.15) is 11.4 Å². The molecule has 0 aromatic heterocycles. The first-order valence-electron chi connectivity index (χ1n) is 8.03. The number of carbonyl (C=O) groups excluding carboxylic acids is 1. The van der Waals surface area contributed by atoms with Gasteiger partial charge in [-0.05, 0) is 36.4 Å². The quantitative estimate of drug-likeness (QED) is 0.693.